The van der Waals surface area contributed by atoms with E-state index < -0.39 is 0 Å². The van der Waals surface area contributed by atoms with Gasteiger partial charge in [0.1, 0.15) is 0 Å². The summed E-state index contributed by atoms with van der Waals surface area (Å²) in [5.74, 6) is 1.02. The number of carbonyl (C=O) groups is 1. The van der Waals surface area contributed by atoms with Crippen LogP contribution < -0.4 is 0 Å². The Morgan fingerprint density at radius 2 is 2.20 bits per heavy atom. The number of aromatic nitrogens is 1. The van der Waals surface area contributed by atoms with Crippen molar-refractivity contribution in [2.75, 3.05) is 0 Å². The van der Waals surface area contributed by atoms with Gasteiger partial charge in [-0.2, -0.15) is 0 Å². The average molecular weight is 205 g/mol. The van der Waals surface area contributed by atoms with Gasteiger partial charge in [-0.05, 0) is 24.3 Å². The average Bonchev–Trinajstić information content (AvgIpc) is 2.62. The number of hydrogen-bond donors (Lipinski definition) is 0. The fourth-order valence-electron chi connectivity index (χ4n) is 2.17. The molecule has 15 heavy (non-hydrogen) atoms. The second-order valence-corrected chi connectivity index (χ2v) is 4.68. The van der Waals surface area contributed by atoms with E-state index in [1.54, 1.807) is 0 Å². The fourth-order valence-corrected chi connectivity index (χ4v) is 2.17. The van der Waals surface area contributed by atoms with Crippen molar-refractivity contribution in [3.8, 4) is 0 Å². The number of nitrogens with zero attached hydrogens (tertiary/aromatic N) is 1. The Balaban J connectivity index is 2.18. The maximum Gasteiger partial charge on any atom is 0.164 e. The molecular formula is C13H19NO. The first kappa shape index (κ1) is 10.5. The molecule has 1 atom stereocenters. The molecule has 1 aliphatic carbocycles. The Bertz CT molecular complexity index is 365. The summed E-state index contributed by atoms with van der Waals surface area (Å²) in [6.07, 6.45) is 8.24. The van der Waals surface area contributed by atoms with Crippen LogP contribution in [-0.4, -0.2) is 10.4 Å². The Hall–Kier alpha value is -1.05. The Labute approximate surface area is 91.3 Å². The summed E-state index contributed by atoms with van der Waals surface area (Å²) in [6, 6.07) is 0. The number of ketones is 1. The van der Waals surface area contributed by atoms with Gasteiger partial charge in [0.15, 0.2) is 5.78 Å². The zero-order valence-electron chi connectivity index (χ0n) is 9.62. The molecule has 82 valence electrons. The van der Waals surface area contributed by atoms with Crippen molar-refractivity contribution in [3.05, 3.63) is 23.5 Å². The highest BCUT2D eigenvalue weighted by Crippen LogP contribution is 2.22. The summed E-state index contributed by atoms with van der Waals surface area (Å²) < 4.78 is 2.20. The van der Waals surface area contributed by atoms with E-state index in [1.165, 1.54) is 12.0 Å². The van der Waals surface area contributed by atoms with Crippen molar-refractivity contribution >= 4 is 5.78 Å². The number of fused-ring (bicyclic) bond motifs is 1. The lowest BCUT2D eigenvalue weighted by Gasteiger charge is -2.08. The number of carbonyl (C=O) groups excluding carboxylic acids is 1. The lowest BCUT2D eigenvalue weighted by Crippen LogP contribution is -2.07. The predicted octanol–water partition coefficient (Wildman–Crippen LogP) is 3.05. The number of Topliss-reactive ketones (excluding diaryl/α,β-unsaturated/α-hetero) is 1. The largest absolute Gasteiger partial charge is 0.353 e. The third-order valence-electron chi connectivity index (χ3n) is 3.33. The van der Waals surface area contributed by atoms with Crippen LogP contribution in [0.4, 0.5) is 0 Å². The lowest BCUT2D eigenvalue weighted by molar-refractivity contribution is 0.0973. The monoisotopic (exact) mass is 205 g/mol. The summed E-state index contributed by atoms with van der Waals surface area (Å²) in [5, 5.41) is 0. The highest BCUT2D eigenvalue weighted by molar-refractivity contribution is 5.98. The maximum atomic E-state index is 11.6. The van der Waals surface area contributed by atoms with E-state index in [0.717, 1.165) is 31.4 Å². The van der Waals surface area contributed by atoms with Crippen LogP contribution in [0.2, 0.25) is 0 Å². The van der Waals surface area contributed by atoms with Gasteiger partial charge in [0.25, 0.3) is 0 Å². The van der Waals surface area contributed by atoms with Crippen LogP contribution >= 0.6 is 0 Å². The Morgan fingerprint density at radius 1 is 1.40 bits per heavy atom. The molecule has 0 amide bonds. The van der Waals surface area contributed by atoms with Crippen LogP contribution in [0.15, 0.2) is 12.4 Å². The standard InChI is InChI=1S/C13H19NO/c1-3-10(2)7-14-8-11-5-4-6-13(15)12(11)9-14/h8-10H,3-7H2,1-2H3. The van der Waals surface area contributed by atoms with Gasteiger partial charge in [0, 0.05) is 30.9 Å². The van der Waals surface area contributed by atoms with Gasteiger partial charge in [-0.25, -0.2) is 0 Å². The minimum absolute atomic E-state index is 0.333. The zero-order chi connectivity index (χ0) is 10.8. The van der Waals surface area contributed by atoms with Crippen molar-refractivity contribution in [2.45, 2.75) is 46.1 Å². The molecular weight excluding hydrogens is 186 g/mol. The lowest BCUT2D eigenvalue weighted by atomic mass is 9.95. The quantitative estimate of drug-likeness (QED) is 0.743. The van der Waals surface area contributed by atoms with Crippen LogP contribution in [-0.2, 0) is 13.0 Å². The summed E-state index contributed by atoms with van der Waals surface area (Å²) >= 11 is 0. The molecule has 0 radical (unpaired) electrons. The van der Waals surface area contributed by atoms with E-state index in [1.807, 2.05) is 6.20 Å². The van der Waals surface area contributed by atoms with Crippen molar-refractivity contribution in [2.24, 2.45) is 5.92 Å². The fraction of sp³-hybridized carbons (Fsp3) is 0.615. The number of hydrogen-bond acceptors (Lipinski definition) is 1. The molecule has 0 saturated carbocycles. The zero-order valence-corrected chi connectivity index (χ0v) is 9.62. The molecule has 2 rings (SSSR count). The first-order valence-electron chi connectivity index (χ1n) is 5.92. The van der Waals surface area contributed by atoms with Crippen molar-refractivity contribution in [1.29, 1.82) is 0 Å². The van der Waals surface area contributed by atoms with Crippen LogP contribution in [0.5, 0.6) is 0 Å². The van der Waals surface area contributed by atoms with E-state index in [-0.39, 0.29) is 0 Å². The minimum atomic E-state index is 0.333. The van der Waals surface area contributed by atoms with E-state index in [2.05, 4.69) is 24.6 Å². The van der Waals surface area contributed by atoms with Crippen LogP contribution in [0, 0.1) is 5.92 Å². The molecule has 0 bridgehead atoms. The molecule has 0 spiro atoms. The smallest absolute Gasteiger partial charge is 0.164 e. The molecule has 1 aromatic rings. The van der Waals surface area contributed by atoms with Crippen molar-refractivity contribution in [1.82, 2.24) is 4.57 Å². The second kappa shape index (κ2) is 4.21. The van der Waals surface area contributed by atoms with Crippen LogP contribution in [0.25, 0.3) is 0 Å². The highest BCUT2D eigenvalue weighted by Gasteiger charge is 2.19. The molecule has 1 unspecified atom stereocenters. The molecule has 0 aliphatic heterocycles. The normalized spacial score (nSPS) is 17.6. The molecule has 0 fully saturated rings. The molecule has 2 nitrogen and oxygen atoms in total. The first-order valence-corrected chi connectivity index (χ1v) is 5.92. The maximum absolute atomic E-state index is 11.6. The minimum Gasteiger partial charge on any atom is -0.353 e. The molecule has 1 heterocycles. The van der Waals surface area contributed by atoms with Gasteiger partial charge in [-0.3, -0.25) is 4.79 Å². The van der Waals surface area contributed by atoms with Gasteiger partial charge in [0.2, 0.25) is 0 Å². The Morgan fingerprint density at radius 3 is 2.87 bits per heavy atom. The third kappa shape index (κ3) is 2.14. The van der Waals surface area contributed by atoms with Crippen LogP contribution in [0.3, 0.4) is 0 Å². The first-order chi connectivity index (χ1) is 7.20. The van der Waals surface area contributed by atoms with E-state index in [9.17, 15) is 4.79 Å². The van der Waals surface area contributed by atoms with Gasteiger partial charge in [0.05, 0.1) is 0 Å². The summed E-state index contributed by atoms with van der Waals surface area (Å²) in [6.45, 7) is 5.50. The molecule has 1 aliphatic rings. The third-order valence-corrected chi connectivity index (χ3v) is 3.33. The highest BCUT2D eigenvalue weighted by atomic mass is 16.1. The molecule has 2 heteroatoms. The van der Waals surface area contributed by atoms with E-state index >= 15 is 0 Å². The predicted molar refractivity (Wildman–Crippen MR) is 61.2 cm³/mol. The Kier molecular flexibility index (Phi) is 2.94. The van der Waals surface area contributed by atoms with Crippen LogP contribution in [0.1, 0.15) is 49.0 Å². The van der Waals surface area contributed by atoms with Gasteiger partial charge >= 0.3 is 0 Å². The van der Waals surface area contributed by atoms with Gasteiger partial charge in [-0.15, -0.1) is 0 Å². The summed E-state index contributed by atoms with van der Waals surface area (Å²) in [7, 11) is 0. The van der Waals surface area contributed by atoms with E-state index in [0.29, 0.717) is 11.7 Å². The topological polar surface area (TPSA) is 22.0 Å². The summed E-state index contributed by atoms with van der Waals surface area (Å²) in [4.78, 5) is 11.6. The van der Waals surface area contributed by atoms with Crippen molar-refractivity contribution in [3.63, 3.8) is 0 Å². The molecule has 0 N–H and O–H groups in total. The second-order valence-electron chi connectivity index (χ2n) is 4.68. The number of aryl methyl sites for hydroxylation is 1. The molecule has 0 aromatic carbocycles. The molecule has 1 aromatic heterocycles. The van der Waals surface area contributed by atoms with Crippen molar-refractivity contribution < 1.29 is 4.79 Å². The molecule has 0 saturated heterocycles. The van der Waals surface area contributed by atoms with Gasteiger partial charge < -0.3 is 4.57 Å². The SMILES string of the molecule is CCC(C)Cn1cc2c(c1)C(=O)CCC2. The number of rotatable bonds is 3. The van der Waals surface area contributed by atoms with E-state index in [4.69, 9.17) is 0 Å². The van der Waals surface area contributed by atoms with Gasteiger partial charge in [-0.1, -0.05) is 20.3 Å². The summed E-state index contributed by atoms with van der Waals surface area (Å²) in [5.41, 5.74) is 2.24.